The highest BCUT2D eigenvalue weighted by Crippen LogP contribution is 2.19. The summed E-state index contributed by atoms with van der Waals surface area (Å²) in [4.78, 5) is 25.0. The van der Waals surface area contributed by atoms with Crippen LogP contribution in [0.5, 0.6) is 11.5 Å². The third kappa shape index (κ3) is 4.63. The van der Waals surface area contributed by atoms with Gasteiger partial charge >= 0.3 is 5.63 Å². The summed E-state index contributed by atoms with van der Waals surface area (Å²) in [5.74, 6) is 1.06. The lowest BCUT2D eigenvalue weighted by Crippen LogP contribution is -2.34. The minimum atomic E-state index is -0.427. The molecule has 0 bridgehead atoms. The van der Waals surface area contributed by atoms with Gasteiger partial charge in [-0.3, -0.25) is 4.79 Å². The van der Waals surface area contributed by atoms with E-state index in [1.54, 1.807) is 36.2 Å². The van der Waals surface area contributed by atoms with Crippen LogP contribution in [0.2, 0.25) is 0 Å². The fourth-order valence-corrected chi connectivity index (χ4v) is 2.33. The van der Waals surface area contributed by atoms with Gasteiger partial charge in [0.15, 0.2) is 6.61 Å². The smallest absolute Gasteiger partial charge is 0.336 e. The molecule has 1 amide bonds. The molecule has 0 aliphatic carbocycles. The lowest BCUT2D eigenvalue weighted by molar-refractivity contribution is -0.132. The standard InChI is InChI=1S/C20H19NO5/c1-21(11-12-24-16-5-3-2-4-6-16)19(22)14-25-17-9-7-15-8-10-20(23)26-18(15)13-17/h2-10,13H,11-12,14H2,1H3. The van der Waals surface area contributed by atoms with Crippen molar-refractivity contribution in [2.75, 3.05) is 26.8 Å². The number of rotatable bonds is 7. The zero-order chi connectivity index (χ0) is 18.4. The summed E-state index contributed by atoms with van der Waals surface area (Å²) in [6.07, 6.45) is 0. The highest BCUT2D eigenvalue weighted by molar-refractivity contribution is 5.79. The van der Waals surface area contributed by atoms with Crippen molar-refractivity contribution < 1.29 is 18.7 Å². The summed E-state index contributed by atoms with van der Waals surface area (Å²) < 4.78 is 16.2. The van der Waals surface area contributed by atoms with E-state index in [9.17, 15) is 9.59 Å². The normalized spacial score (nSPS) is 10.5. The molecule has 6 nitrogen and oxygen atoms in total. The summed E-state index contributed by atoms with van der Waals surface area (Å²) >= 11 is 0. The Labute approximate surface area is 150 Å². The number of benzene rings is 2. The maximum atomic E-state index is 12.1. The van der Waals surface area contributed by atoms with E-state index in [4.69, 9.17) is 13.9 Å². The number of hydrogen-bond donors (Lipinski definition) is 0. The molecule has 3 aromatic rings. The van der Waals surface area contributed by atoms with Gasteiger partial charge in [-0.25, -0.2) is 4.79 Å². The van der Waals surface area contributed by atoms with Gasteiger partial charge in [-0.15, -0.1) is 0 Å². The SMILES string of the molecule is CN(CCOc1ccccc1)C(=O)COc1ccc2ccc(=O)oc2c1. The average Bonchev–Trinajstić information content (AvgIpc) is 2.66. The lowest BCUT2D eigenvalue weighted by atomic mass is 10.2. The van der Waals surface area contributed by atoms with Gasteiger partial charge in [-0.2, -0.15) is 0 Å². The molecule has 0 atom stereocenters. The Morgan fingerprint density at radius 2 is 1.77 bits per heavy atom. The van der Waals surface area contributed by atoms with Gasteiger partial charge in [-0.1, -0.05) is 18.2 Å². The van der Waals surface area contributed by atoms with Crippen molar-refractivity contribution in [2.24, 2.45) is 0 Å². The van der Waals surface area contributed by atoms with Crippen LogP contribution < -0.4 is 15.1 Å². The number of carbonyl (C=O) groups excluding carboxylic acids is 1. The zero-order valence-corrected chi connectivity index (χ0v) is 14.4. The molecule has 1 aromatic heterocycles. The predicted molar refractivity (Wildman–Crippen MR) is 97.6 cm³/mol. The summed E-state index contributed by atoms with van der Waals surface area (Å²) in [6.45, 7) is 0.738. The van der Waals surface area contributed by atoms with Gasteiger partial charge in [0.25, 0.3) is 5.91 Å². The maximum absolute atomic E-state index is 12.1. The van der Waals surface area contributed by atoms with Gasteiger partial charge in [0.05, 0.1) is 6.54 Å². The topological polar surface area (TPSA) is 69.0 Å². The third-order valence-corrected chi connectivity index (χ3v) is 3.82. The minimum Gasteiger partial charge on any atom is -0.492 e. The molecular formula is C20H19NO5. The Bertz CT molecular complexity index is 936. The molecule has 6 heteroatoms. The van der Waals surface area contributed by atoms with Crippen molar-refractivity contribution in [3.05, 3.63) is 71.1 Å². The predicted octanol–water partition coefficient (Wildman–Crippen LogP) is 2.71. The molecule has 0 aliphatic rings. The van der Waals surface area contributed by atoms with Crippen molar-refractivity contribution in [1.82, 2.24) is 4.90 Å². The molecule has 0 N–H and O–H groups in total. The molecule has 134 valence electrons. The Balaban J connectivity index is 1.49. The Morgan fingerprint density at radius 3 is 2.58 bits per heavy atom. The van der Waals surface area contributed by atoms with E-state index in [0.717, 1.165) is 11.1 Å². The van der Waals surface area contributed by atoms with Crippen LogP contribution in [-0.2, 0) is 4.79 Å². The number of para-hydroxylation sites is 1. The first-order valence-electron chi connectivity index (χ1n) is 8.20. The third-order valence-electron chi connectivity index (χ3n) is 3.82. The van der Waals surface area contributed by atoms with Crippen LogP contribution in [0.1, 0.15) is 0 Å². The molecule has 1 heterocycles. The van der Waals surface area contributed by atoms with E-state index in [2.05, 4.69) is 0 Å². The highest BCUT2D eigenvalue weighted by Gasteiger charge is 2.10. The van der Waals surface area contributed by atoms with Gasteiger partial charge in [0, 0.05) is 24.6 Å². The minimum absolute atomic E-state index is 0.107. The molecule has 2 aromatic carbocycles. The molecule has 0 aliphatic heterocycles. The van der Waals surface area contributed by atoms with Crippen LogP contribution in [0.25, 0.3) is 11.0 Å². The molecule has 0 saturated carbocycles. The zero-order valence-electron chi connectivity index (χ0n) is 14.4. The molecule has 0 saturated heterocycles. The quantitative estimate of drug-likeness (QED) is 0.611. The fourth-order valence-electron chi connectivity index (χ4n) is 2.33. The number of amides is 1. The first kappa shape index (κ1) is 17.5. The van der Waals surface area contributed by atoms with E-state index in [-0.39, 0.29) is 12.5 Å². The maximum Gasteiger partial charge on any atom is 0.336 e. The fraction of sp³-hybridized carbons (Fsp3) is 0.200. The van der Waals surface area contributed by atoms with Crippen molar-refractivity contribution >= 4 is 16.9 Å². The number of hydrogen-bond acceptors (Lipinski definition) is 5. The summed E-state index contributed by atoms with van der Waals surface area (Å²) in [7, 11) is 1.69. The number of nitrogens with zero attached hydrogens (tertiary/aromatic N) is 1. The van der Waals surface area contributed by atoms with Gasteiger partial charge < -0.3 is 18.8 Å². The van der Waals surface area contributed by atoms with Crippen molar-refractivity contribution in [3.63, 3.8) is 0 Å². The summed E-state index contributed by atoms with van der Waals surface area (Å²) in [5.41, 5.74) is -0.00376. The molecular weight excluding hydrogens is 334 g/mol. The summed E-state index contributed by atoms with van der Waals surface area (Å²) in [6, 6.07) is 17.6. The molecule has 0 fully saturated rings. The molecule has 26 heavy (non-hydrogen) atoms. The monoisotopic (exact) mass is 353 g/mol. The average molecular weight is 353 g/mol. The van der Waals surface area contributed by atoms with Crippen molar-refractivity contribution in [3.8, 4) is 11.5 Å². The molecule has 0 radical (unpaired) electrons. The van der Waals surface area contributed by atoms with Crippen molar-refractivity contribution in [2.45, 2.75) is 0 Å². The Kier molecular flexibility index (Phi) is 5.53. The van der Waals surface area contributed by atoms with Crippen LogP contribution in [0, 0.1) is 0 Å². The number of fused-ring (bicyclic) bond motifs is 1. The molecule has 0 unspecified atom stereocenters. The van der Waals surface area contributed by atoms with Crippen LogP contribution in [0.3, 0.4) is 0 Å². The van der Waals surface area contributed by atoms with E-state index in [0.29, 0.717) is 24.5 Å². The van der Waals surface area contributed by atoms with Gasteiger partial charge in [-0.05, 0) is 30.3 Å². The molecule has 3 rings (SSSR count). The molecule has 0 spiro atoms. The van der Waals surface area contributed by atoms with Crippen LogP contribution in [0.15, 0.2) is 69.9 Å². The van der Waals surface area contributed by atoms with E-state index in [1.165, 1.54) is 6.07 Å². The second-order valence-electron chi connectivity index (χ2n) is 5.72. The Hall–Kier alpha value is -3.28. The second kappa shape index (κ2) is 8.20. The van der Waals surface area contributed by atoms with Crippen LogP contribution >= 0.6 is 0 Å². The number of ether oxygens (including phenoxy) is 2. The van der Waals surface area contributed by atoms with Gasteiger partial charge in [0.2, 0.25) is 0 Å². The number of likely N-dealkylation sites (N-methyl/N-ethyl adjacent to an activating group) is 1. The first-order chi connectivity index (χ1) is 12.6. The van der Waals surface area contributed by atoms with Crippen LogP contribution in [-0.4, -0.2) is 37.6 Å². The first-order valence-corrected chi connectivity index (χ1v) is 8.20. The van der Waals surface area contributed by atoms with Crippen LogP contribution in [0.4, 0.5) is 0 Å². The largest absolute Gasteiger partial charge is 0.492 e. The highest BCUT2D eigenvalue weighted by atomic mass is 16.5. The second-order valence-corrected chi connectivity index (χ2v) is 5.72. The summed E-state index contributed by atoms with van der Waals surface area (Å²) in [5, 5.41) is 0.790. The lowest BCUT2D eigenvalue weighted by Gasteiger charge is -2.17. The van der Waals surface area contributed by atoms with Crippen molar-refractivity contribution in [1.29, 1.82) is 0 Å². The van der Waals surface area contributed by atoms with E-state index < -0.39 is 5.63 Å². The van der Waals surface area contributed by atoms with Gasteiger partial charge in [0.1, 0.15) is 23.7 Å². The van der Waals surface area contributed by atoms with E-state index >= 15 is 0 Å². The number of carbonyl (C=O) groups is 1. The van der Waals surface area contributed by atoms with E-state index in [1.807, 2.05) is 30.3 Å². The Morgan fingerprint density at radius 1 is 1.00 bits per heavy atom.